The van der Waals surface area contributed by atoms with Crippen LogP contribution >= 0.6 is 0 Å². The van der Waals surface area contributed by atoms with Gasteiger partial charge in [-0.15, -0.1) is 0 Å². The predicted molar refractivity (Wildman–Crippen MR) is 107 cm³/mol. The van der Waals surface area contributed by atoms with Gasteiger partial charge in [0, 0.05) is 30.3 Å². The van der Waals surface area contributed by atoms with Crippen molar-refractivity contribution in [1.82, 2.24) is 0 Å². The Morgan fingerprint density at radius 3 is 2.63 bits per heavy atom. The van der Waals surface area contributed by atoms with Gasteiger partial charge in [0.05, 0.1) is 20.1 Å². The molecule has 8 heteroatoms. The van der Waals surface area contributed by atoms with Crippen LogP contribution in [0.1, 0.15) is 12.0 Å². The Kier molecular flexibility index (Phi) is 5.65. The molecule has 1 fully saturated rings. The molecule has 0 aromatic heterocycles. The lowest BCUT2D eigenvalue weighted by Crippen LogP contribution is -2.26. The van der Waals surface area contributed by atoms with Gasteiger partial charge in [0.25, 0.3) is 0 Å². The number of fused-ring (bicyclic) bond motifs is 1. The average Bonchev–Trinajstić information content (AvgIpc) is 3.18. The fourth-order valence-electron chi connectivity index (χ4n) is 3.58. The summed E-state index contributed by atoms with van der Waals surface area (Å²) in [5, 5.41) is 0. The zero-order valence-corrected chi connectivity index (χ0v) is 16.9. The molecule has 2 aromatic carbocycles. The number of amides is 1. The number of carbonyl (C=O) groups excluding carboxylic acids is 2. The minimum absolute atomic E-state index is 0.0356. The third-order valence-corrected chi connectivity index (χ3v) is 5.15. The summed E-state index contributed by atoms with van der Waals surface area (Å²) >= 11 is 0. The van der Waals surface area contributed by atoms with Crippen molar-refractivity contribution in [2.24, 2.45) is 5.92 Å². The van der Waals surface area contributed by atoms with Crippen LogP contribution in [0.2, 0.25) is 0 Å². The second kappa shape index (κ2) is 8.52. The maximum absolute atomic E-state index is 12.6. The predicted octanol–water partition coefficient (Wildman–Crippen LogP) is 2.57. The molecular formula is C22H23NO7. The Balaban J connectivity index is 1.41. The zero-order chi connectivity index (χ0) is 21.1. The van der Waals surface area contributed by atoms with Crippen molar-refractivity contribution in [3.05, 3.63) is 42.0 Å². The fraction of sp³-hybridized carbons (Fsp3) is 0.364. The normalized spacial score (nSPS) is 17.6. The second-order valence-corrected chi connectivity index (χ2v) is 7.02. The highest BCUT2D eigenvalue weighted by molar-refractivity contribution is 5.99. The van der Waals surface area contributed by atoms with Crippen LogP contribution in [0.15, 0.2) is 36.4 Å². The Bertz CT molecular complexity index is 958. The summed E-state index contributed by atoms with van der Waals surface area (Å²) in [6.07, 6.45) is 0.0997. The number of hydrogen-bond donors (Lipinski definition) is 0. The van der Waals surface area contributed by atoms with Gasteiger partial charge in [-0.2, -0.15) is 0 Å². The SMILES string of the molecule is COc1ccc(OC)c(COC(=O)[C@@H]2CC(=O)N(c3ccc4c(c3)OCCO4)C2)c1. The number of methoxy groups -OCH3 is 2. The van der Waals surface area contributed by atoms with Gasteiger partial charge in [-0.25, -0.2) is 0 Å². The molecule has 2 heterocycles. The lowest BCUT2D eigenvalue weighted by atomic mass is 10.1. The summed E-state index contributed by atoms with van der Waals surface area (Å²) in [5.74, 6) is 1.40. The number of carbonyl (C=O) groups is 2. The molecule has 4 rings (SSSR count). The molecule has 0 N–H and O–H groups in total. The molecule has 0 spiro atoms. The summed E-state index contributed by atoms with van der Waals surface area (Å²) in [6.45, 7) is 1.26. The van der Waals surface area contributed by atoms with E-state index in [0.29, 0.717) is 47.5 Å². The van der Waals surface area contributed by atoms with Crippen molar-refractivity contribution in [1.29, 1.82) is 0 Å². The molecule has 1 saturated heterocycles. The van der Waals surface area contributed by atoms with E-state index in [2.05, 4.69) is 0 Å². The van der Waals surface area contributed by atoms with Crippen molar-refractivity contribution < 1.29 is 33.3 Å². The van der Waals surface area contributed by atoms with Crippen molar-refractivity contribution >= 4 is 17.6 Å². The number of nitrogens with zero attached hydrogens (tertiary/aromatic N) is 1. The summed E-state index contributed by atoms with van der Waals surface area (Å²) in [6, 6.07) is 10.6. The van der Waals surface area contributed by atoms with Crippen molar-refractivity contribution in [2.45, 2.75) is 13.0 Å². The van der Waals surface area contributed by atoms with Crippen LogP contribution in [0, 0.1) is 5.92 Å². The monoisotopic (exact) mass is 413 g/mol. The van der Waals surface area contributed by atoms with Gasteiger partial charge in [-0.3, -0.25) is 9.59 Å². The van der Waals surface area contributed by atoms with Crippen LogP contribution in [0.25, 0.3) is 0 Å². The Labute approximate surface area is 174 Å². The highest BCUT2D eigenvalue weighted by Crippen LogP contribution is 2.36. The van der Waals surface area contributed by atoms with E-state index in [1.807, 2.05) is 0 Å². The molecule has 1 atom stereocenters. The molecule has 0 unspecified atom stereocenters. The number of rotatable bonds is 6. The van der Waals surface area contributed by atoms with E-state index in [0.717, 1.165) is 0 Å². The van der Waals surface area contributed by atoms with Crippen LogP contribution in [0.5, 0.6) is 23.0 Å². The summed E-state index contributed by atoms with van der Waals surface area (Å²) < 4.78 is 27.1. The molecule has 0 radical (unpaired) electrons. The minimum atomic E-state index is -0.540. The third kappa shape index (κ3) is 3.98. The zero-order valence-electron chi connectivity index (χ0n) is 16.9. The van der Waals surface area contributed by atoms with Gasteiger partial charge >= 0.3 is 5.97 Å². The molecule has 0 aliphatic carbocycles. The van der Waals surface area contributed by atoms with Crippen LogP contribution in [0.3, 0.4) is 0 Å². The van der Waals surface area contributed by atoms with E-state index in [9.17, 15) is 9.59 Å². The Hall–Kier alpha value is -3.42. The number of esters is 1. The molecule has 1 amide bonds. The summed E-state index contributed by atoms with van der Waals surface area (Å²) in [4.78, 5) is 26.7. The number of ether oxygens (including phenoxy) is 5. The first-order chi connectivity index (χ1) is 14.6. The maximum Gasteiger partial charge on any atom is 0.311 e. The molecule has 2 aliphatic rings. The molecule has 2 aromatic rings. The van der Waals surface area contributed by atoms with Crippen molar-refractivity contribution in [3.63, 3.8) is 0 Å². The van der Waals surface area contributed by atoms with E-state index in [4.69, 9.17) is 23.7 Å². The first-order valence-electron chi connectivity index (χ1n) is 9.66. The molecular weight excluding hydrogens is 390 g/mol. The maximum atomic E-state index is 12.6. The quantitative estimate of drug-likeness (QED) is 0.673. The fourth-order valence-corrected chi connectivity index (χ4v) is 3.58. The summed E-state index contributed by atoms with van der Waals surface area (Å²) in [5.41, 5.74) is 1.37. The van der Waals surface area contributed by atoms with E-state index in [1.165, 1.54) is 0 Å². The Morgan fingerprint density at radius 1 is 1.07 bits per heavy atom. The second-order valence-electron chi connectivity index (χ2n) is 7.02. The van der Waals surface area contributed by atoms with Crippen LogP contribution in [-0.2, 0) is 20.9 Å². The smallest absolute Gasteiger partial charge is 0.311 e. The van der Waals surface area contributed by atoms with Gasteiger partial charge in [-0.1, -0.05) is 0 Å². The topological polar surface area (TPSA) is 83.5 Å². The lowest BCUT2D eigenvalue weighted by Gasteiger charge is -2.22. The Morgan fingerprint density at radius 2 is 1.87 bits per heavy atom. The van der Waals surface area contributed by atoms with E-state index < -0.39 is 11.9 Å². The van der Waals surface area contributed by atoms with Crippen molar-refractivity contribution in [2.75, 3.05) is 38.9 Å². The van der Waals surface area contributed by atoms with Crippen molar-refractivity contribution in [3.8, 4) is 23.0 Å². The van der Waals surface area contributed by atoms with Gasteiger partial charge in [0.2, 0.25) is 5.91 Å². The molecule has 158 valence electrons. The highest BCUT2D eigenvalue weighted by Gasteiger charge is 2.36. The standard InChI is InChI=1S/C22H23NO7/c1-26-17-4-6-18(27-2)15(9-17)13-30-22(25)14-10-21(24)23(12-14)16-3-5-19-20(11-16)29-8-7-28-19/h3-6,9,11,14H,7-8,10,12-13H2,1-2H3/t14-/m1/s1. The summed E-state index contributed by atoms with van der Waals surface area (Å²) in [7, 11) is 3.11. The largest absolute Gasteiger partial charge is 0.497 e. The molecule has 2 aliphatic heterocycles. The molecule has 30 heavy (non-hydrogen) atoms. The molecule has 8 nitrogen and oxygen atoms in total. The lowest BCUT2D eigenvalue weighted by molar-refractivity contribution is -0.149. The van der Waals surface area contributed by atoms with Crippen LogP contribution in [0.4, 0.5) is 5.69 Å². The number of anilines is 1. The van der Waals surface area contributed by atoms with Gasteiger partial charge in [0.15, 0.2) is 11.5 Å². The van der Waals surface area contributed by atoms with E-state index >= 15 is 0 Å². The molecule has 0 saturated carbocycles. The van der Waals surface area contributed by atoms with Crippen LogP contribution in [-0.4, -0.2) is 45.9 Å². The van der Waals surface area contributed by atoms with Gasteiger partial charge in [-0.05, 0) is 30.3 Å². The number of hydrogen-bond acceptors (Lipinski definition) is 7. The van der Waals surface area contributed by atoms with Gasteiger partial charge in [0.1, 0.15) is 31.3 Å². The first-order valence-corrected chi connectivity index (χ1v) is 9.66. The molecule has 0 bridgehead atoms. The minimum Gasteiger partial charge on any atom is -0.497 e. The average molecular weight is 413 g/mol. The first kappa shape index (κ1) is 19.9. The van der Waals surface area contributed by atoms with Gasteiger partial charge < -0.3 is 28.6 Å². The van der Waals surface area contributed by atoms with E-state index in [1.54, 1.807) is 55.5 Å². The number of benzene rings is 2. The highest BCUT2D eigenvalue weighted by atomic mass is 16.6. The third-order valence-electron chi connectivity index (χ3n) is 5.15. The van der Waals surface area contributed by atoms with E-state index in [-0.39, 0.29) is 25.5 Å². The van der Waals surface area contributed by atoms with Crippen LogP contribution < -0.4 is 23.8 Å².